The first-order valence-electron chi connectivity index (χ1n) is 6.01. The molecular weight excluding hydrogens is 266 g/mol. The van der Waals surface area contributed by atoms with Gasteiger partial charge in [0.2, 0.25) is 0 Å². The van der Waals surface area contributed by atoms with Crippen molar-refractivity contribution in [2.45, 2.75) is 26.8 Å². The summed E-state index contributed by atoms with van der Waals surface area (Å²) in [6.45, 7) is 5.48. The Morgan fingerprint density at radius 3 is 2.42 bits per heavy atom. The number of nitrogens with one attached hydrogen (secondary N) is 1. The smallest absolute Gasteiger partial charge is 0.328 e. The number of carbonyl (C=O) groups is 2. The number of methoxy groups -OCH3 is 1. The Balaban J connectivity index is 2.91. The molecule has 5 heteroatoms. The molecule has 1 amide bonds. The summed E-state index contributed by atoms with van der Waals surface area (Å²) in [5.41, 5.74) is 1.26. The van der Waals surface area contributed by atoms with E-state index in [-0.39, 0.29) is 11.8 Å². The number of ether oxygens (including phenoxy) is 1. The molecule has 4 nitrogen and oxygen atoms in total. The van der Waals surface area contributed by atoms with Gasteiger partial charge in [0, 0.05) is 10.6 Å². The van der Waals surface area contributed by atoms with E-state index in [0.717, 1.165) is 5.56 Å². The van der Waals surface area contributed by atoms with Gasteiger partial charge >= 0.3 is 5.97 Å². The van der Waals surface area contributed by atoms with Gasteiger partial charge in [-0.15, -0.1) is 0 Å². The highest BCUT2D eigenvalue weighted by Crippen LogP contribution is 2.16. The van der Waals surface area contributed by atoms with Crippen molar-refractivity contribution in [2.75, 3.05) is 7.11 Å². The van der Waals surface area contributed by atoms with Gasteiger partial charge in [0.05, 0.1) is 7.11 Å². The van der Waals surface area contributed by atoms with Crippen molar-refractivity contribution < 1.29 is 14.3 Å². The maximum atomic E-state index is 12.2. The normalized spacial score (nSPS) is 12.1. The van der Waals surface area contributed by atoms with Gasteiger partial charge in [0.15, 0.2) is 0 Å². The second-order valence-electron chi connectivity index (χ2n) is 4.68. The first kappa shape index (κ1) is 15.5. The van der Waals surface area contributed by atoms with Crippen LogP contribution in [-0.4, -0.2) is 25.0 Å². The summed E-state index contributed by atoms with van der Waals surface area (Å²) >= 11 is 5.84. The van der Waals surface area contributed by atoms with E-state index in [9.17, 15) is 9.59 Å². The predicted octanol–water partition coefficient (Wildman–Crippen LogP) is 2.58. The van der Waals surface area contributed by atoms with Gasteiger partial charge in [-0.25, -0.2) is 4.79 Å². The van der Waals surface area contributed by atoms with Crippen molar-refractivity contribution in [3.05, 3.63) is 34.3 Å². The lowest BCUT2D eigenvalue weighted by Crippen LogP contribution is -2.45. The number of aryl methyl sites for hydroxylation is 1. The lowest BCUT2D eigenvalue weighted by Gasteiger charge is -2.20. The molecule has 1 aromatic carbocycles. The predicted molar refractivity (Wildman–Crippen MR) is 74.3 cm³/mol. The molecule has 1 atom stereocenters. The zero-order chi connectivity index (χ0) is 14.6. The Labute approximate surface area is 118 Å². The first-order chi connectivity index (χ1) is 8.86. The highest BCUT2D eigenvalue weighted by Gasteiger charge is 2.25. The Morgan fingerprint density at radius 1 is 1.32 bits per heavy atom. The van der Waals surface area contributed by atoms with Gasteiger partial charge in [0.25, 0.3) is 5.91 Å². The molecule has 1 unspecified atom stereocenters. The Kier molecular flexibility index (Phi) is 5.36. The van der Waals surface area contributed by atoms with Crippen molar-refractivity contribution in [1.29, 1.82) is 0 Å². The van der Waals surface area contributed by atoms with Crippen LogP contribution in [-0.2, 0) is 9.53 Å². The third-order valence-electron chi connectivity index (χ3n) is 2.84. The van der Waals surface area contributed by atoms with E-state index in [1.165, 1.54) is 7.11 Å². The molecular formula is C14H18ClNO3. The van der Waals surface area contributed by atoms with Crippen LogP contribution in [0.2, 0.25) is 5.02 Å². The molecule has 0 aromatic heterocycles. The van der Waals surface area contributed by atoms with Gasteiger partial charge in [-0.1, -0.05) is 25.4 Å². The molecule has 0 aliphatic heterocycles. The van der Waals surface area contributed by atoms with E-state index >= 15 is 0 Å². The van der Waals surface area contributed by atoms with Gasteiger partial charge < -0.3 is 10.1 Å². The molecule has 104 valence electrons. The largest absolute Gasteiger partial charge is 0.467 e. The quantitative estimate of drug-likeness (QED) is 0.864. The highest BCUT2D eigenvalue weighted by molar-refractivity contribution is 6.30. The third-order valence-corrected chi connectivity index (χ3v) is 3.08. The molecule has 0 saturated heterocycles. The number of hydrogen-bond acceptors (Lipinski definition) is 3. The monoisotopic (exact) mass is 283 g/mol. The topological polar surface area (TPSA) is 55.4 Å². The molecule has 0 fully saturated rings. The van der Waals surface area contributed by atoms with Crippen LogP contribution in [0.5, 0.6) is 0 Å². The lowest BCUT2D eigenvalue weighted by molar-refractivity contribution is -0.144. The number of carbonyl (C=O) groups excluding carboxylic acids is 2. The molecule has 1 aromatic rings. The van der Waals surface area contributed by atoms with Crippen molar-refractivity contribution in [3.63, 3.8) is 0 Å². The van der Waals surface area contributed by atoms with Crippen molar-refractivity contribution in [2.24, 2.45) is 5.92 Å². The molecule has 0 aliphatic carbocycles. The molecule has 0 bridgehead atoms. The van der Waals surface area contributed by atoms with Crippen molar-refractivity contribution in [3.8, 4) is 0 Å². The molecule has 0 saturated carbocycles. The molecule has 1 rings (SSSR count). The van der Waals surface area contributed by atoms with Crippen LogP contribution in [0.3, 0.4) is 0 Å². The van der Waals surface area contributed by atoms with Crippen LogP contribution in [0.15, 0.2) is 18.2 Å². The number of rotatable bonds is 4. The van der Waals surface area contributed by atoms with Gasteiger partial charge in [-0.05, 0) is 36.6 Å². The summed E-state index contributed by atoms with van der Waals surface area (Å²) in [6, 6.07) is 4.33. The van der Waals surface area contributed by atoms with E-state index in [2.05, 4.69) is 10.1 Å². The second kappa shape index (κ2) is 6.57. The standard InChI is InChI=1S/C14H18ClNO3/c1-8(2)12(14(18)19-4)16-13(17)11-6-5-10(15)7-9(11)3/h5-8,12H,1-4H3,(H,16,17). The minimum absolute atomic E-state index is 0.0518. The van der Waals surface area contributed by atoms with E-state index in [1.54, 1.807) is 25.1 Å². The Bertz CT molecular complexity index is 486. The zero-order valence-electron chi connectivity index (χ0n) is 11.5. The molecule has 0 aliphatic rings. The zero-order valence-corrected chi connectivity index (χ0v) is 12.2. The Hall–Kier alpha value is -1.55. The third kappa shape index (κ3) is 3.96. The van der Waals surface area contributed by atoms with E-state index < -0.39 is 12.0 Å². The molecule has 0 spiro atoms. The van der Waals surface area contributed by atoms with Gasteiger partial charge in [0.1, 0.15) is 6.04 Å². The van der Waals surface area contributed by atoms with E-state index in [1.807, 2.05) is 13.8 Å². The van der Waals surface area contributed by atoms with E-state index in [0.29, 0.717) is 10.6 Å². The number of esters is 1. The number of hydrogen-bond donors (Lipinski definition) is 1. The highest BCUT2D eigenvalue weighted by atomic mass is 35.5. The molecule has 19 heavy (non-hydrogen) atoms. The number of amides is 1. The average Bonchev–Trinajstić information content (AvgIpc) is 2.34. The minimum atomic E-state index is -0.660. The summed E-state index contributed by atoms with van der Waals surface area (Å²) in [5, 5.41) is 3.26. The van der Waals surface area contributed by atoms with Crippen molar-refractivity contribution in [1.82, 2.24) is 5.32 Å². The molecule has 0 heterocycles. The fraction of sp³-hybridized carbons (Fsp3) is 0.429. The lowest BCUT2D eigenvalue weighted by atomic mass is 10.0. The molecule has 1 N–H and O–H groups in total. The van der Waals surface area contributed by atoms with Crippen LogP contribution in [0.25, 0.3) is 0 Å². The summed E-state index contributed by atoms with van der Waals surface area (Å²) in [6.07, 6.45) is 0. The van der Waals surface area contributed by atoms with Crippen LogP contribution in [0.4, 0.5) is 0 Å². The van der Waals surface area contributed by atoms with Crippen LogP contribution in [0.1, 0.15) is 29.8 Å². The van der Waals surface area contributed by atoms with Gasteiger partial charge in [-0.3, -0.25) is 4.79 Å². The Morgan fingerprint density at radius 2 is 1.95 bits per heavy atom. The summed E-state index contributed by atoms with van der Waals surface area (Å²) in [5.74, 6) is -0.808. The van der Waals surface area contributed by atoms with Crippen LogP contribution < -0.4 is 5.32 Å². The summed E-state index contributed by atoms with van der Waals surface area (Å²) < 4.78 is 4.69. The number of benzene rings is 1. The molecule has 0 radical (unpaired) electrons. The summed E-state index contributed by atoms with van der Waals surface area (Å²) in [7, 11) is 1.30. The number of halogens is 1. The first-order valence-corrected chi connectivity index (χ1v) is 6.39. The fourth-order valence-electron chi connectivity index (χ4n) is 1.73. The minimum Gasteiger partial charge on any atom is -0.467 e. The van der Waals surface area contributed by atoms with Crippen LogP contribution >= 0.6 is 11.6 Å². The SMILES string of the molecule is COC(=O)C(NC(=O)c1ccc(Cl)cc1C)C(C)C. The van der Waals surface area contributed by atoms with Crippen molar-refractivity contribution >= 4 is 23.5 Å². The van der Waals surface area contributed by atoms with E-state index in [4.69, 9.17) is 11.6 Å². The maximum Gasteiger partial charge on any atom is 0.328 e. The summed E-state index contributed by atoms with van der Waals surface area (Å²) in [4.78, 5) is 23.8. The maximum absolute atomic E-state index is 12.2. The van der Waals surface area contributed by atoms with Gasteiger partial charge in [-0.2, -0.15) is 0 Å². The second-order valence-corrected chi connectivity index (χ2v) is 5.11. The fourth-order valence-corrected chi connectivity index (χ4v) is 1.95. The van der Waals surface area contributed by atoms with Crippen LogP contribution in [0, 0.1) is 12.8 Å². The average molecular weight is 284 g/mol.